The van der Waals surface area contributed by atoms with E-state index < -0.39 is 36.7 Å². The molecule has 0 spiro atoms. The first-order valence-corrected chi connectivity index (χ1v) is 13.9. The predicted octanol–water partition coefficient (Wildman–Crippen LogP) is 4.52. The number of benzene rings is 3. The van der Waals surface area contributed by atoms with E-state index in [1.165, 1.54) is 13.0 Å². The molecule has 2 amide bonds. The summed E-state index contributed by atoms with van der Waals surface area (Å²) in [6, 6.07) is 28.4. The zero-order valence-electron chi connectivity index (χ0n) is 23.7. The molecule has 3 aromatic rings. The number of amides is 2. The van der Waals surface area contributed by atoms with Crippen LogP contribution in [0.15, 0.2) is 104 Å². The van der Waals surface area contributed by atoms with E-state index in [-0.39, 0.29) is 32.3 Å². The summed E-state index contributed by atoms with van der Waals surface area (Å²) in [4.78, 5) is 25.0. The Morgan fingerprint density at radius 3 is 1.83 bits per heavy atom. The molecular weight excluding hydrogens is 536 g/mol. The van der Waals surface area contributed by atoms with E-state index in [1.807, 2.05) is 91.0 Å². The van der Waals surface area contributed by atoms with Gasteiger partial charge in [0.05, 0.1) is 26.4 Å². The minimum atomic E-state index is -0.992. The maximum atomic E-state index is 12.6. The van der Waals surface area contributed by atoms with Gasteiger partial charge in [0.2, 0.25) is 5.91 Å². The van der Waals surface area contributed by atoms with Crippen LogP contribution < -0.4 is 10.6 Å². The Morgan fingerprint density at radius 1 is 0.786 bits per heavy atom. The van der Waals surface area contributed by atoms with Gasteiger partial charge in [0.15, 0.2) is 6.23 Å². The van der Waals surface area contributed by atoms with Crippen molar-refractivity contribution >= 4 is 12.0 Å². The van der Waals surface area contributed by atoms with Crippen molar-refractivity contribution in [3.8, 4) is 0 Å². The SMILES string of the molecule is C=CCOC(=O)N[C@@H]1O[C@H](COCc2ccccc2)[C@@H](OCc2ccccc2)[C@H](OCc2ccccc2)[C@H]1NC(C)=O. The molecule has 0 bridgehead atoms. The summed E-state index contributed by atoms with van der Waals surface area (Å²) in [6.07, 6.45) is -2.29. The van der Waals surface area contributed by atoms with Gasteiger partial charge in [0.25, 0.3) is 0 Å². The maximum absolute atomic E-state index is 12.6. The van der Waals surface area contributed by atoms with Gasteiger partial charge < -0.3 is 29.0 Å². The van der Waals surface area contributed by atoms with Crippen molar-refractivity contribution in [1.29, 1.82) is 0 Å². The topological polar surface area (TPSA) is 104 Å². The van der Waals surface area contributed by atoms with Gasteiger partial charge in [-0.05, 0) is 16.7 Å². The third kappa shape index (κ3) is 9.53. The maximum Gasteiger partial charge on any atom is 0.409 e. The standard InChI is InChI=1S/C33H38N2O7/c1-3-19-39-33(37)35-32-29(34-24(2)36)31(41-22-27-17-11-6-12-18-27)30(40-21-26-15-9-5-10-16-26)28(42-32)23-38-20-25-13-7-4-8-14-25/h3-18,28-32H,1,19-23H2,2H3,(H,34,36)(H,35,37)/t28-,29-,30-,31-,32-/m1/s1. The van der Waals surface area contributed by atoms with E-state index in [2.05, 4.69) is 17.2 Å². The smallest absolute Gasteiger partial charge is 0.409 e. The minimum absolute atomic E-state index is 0.0176. The highest BCUT2D eigenvalue weighted by molar-refractivity contribution is 5.73. The third-order valence-corrected chi connectivity index (χ3v) is 6.62. The van der Waals surface area contributed by atoms with Crippen LogP contribution in [0.3, 0.4) is 0 Å². The fraction of sp³-hybridized carbons (Fsp3) is 0.333. The second-order valence-corrected chi connectivity index (χ2v) is 9.88. The molecule has 0 aromatic heterocycles. The van der Waals surface area contributed by atoms with Gasteiger partial charge in [-0.2, -0.15) is 0 Å². The molecule has 1 saturated heterocycles. The molecule has 0 unspecified atom stereocenters. The molecule has 0 saturated carbocycles. The molecular formula is C33H38N2O7. The van der Waals surface area contributed by atoms with Crippen LogP contribution in [0.5, 0.6) is 0 Å². The summed E-state index contributed by atoms with van der Waals surface area (Å²) < 4.78 is 30.6. The quantitative estimate of drug-likeness (QED) is 0.273. The van der Waals surface area contributed by atoms with Crippen molar-refractivity contribution in [2.24, 2.45) is 0 Å². The fourth-order valence-electron chi connectivity index (χ4n) is 4.68. The third-order valence-electron chi connectivity index (χ3n) is 6.62. The number of carbonyl (C=O) groups is 2. The van der Waals surface area contributed by atoms with Crippen LogP contribution in [0.25, 0.3) is 0 Å². The Balaban J connectivity index is 1.62. The molecule has 1 aliphatic heterocycles. The molecule has 1 fully saturated rings. The molecule has 9 heteroatoms. The lowest BCUT2D eigenvalue weighted by atomic mass is 9.95. The minimum Gasteiger partial charge on any atom is -0.445 e. The van der Waals surface area contributed by atoms with Gasteiger partial charge in [-0.3, -0.25) is 10.1 Å². The van der Waals surface area contributed by atoms with Crippen molar-refractivity contribution in [3.05, 3.63) is 120 Å². The average molecular weight is 575 g/mol. The Morgan fingerprint density at radius 2 is 1.31 bits per heavy atom. The number of hydrogen-bond acceptors (Lipinski definition) is 7. The lowest BCUT2D eigenvalue weighted by Gasteiger charge is -2.46. The van der Waals surface area contributed by atoms with Crippen LogP contribution in [-0.4, -0.2) is 55.8 Å². The van der Waals surface area contributed by atoms with Crippen molar-refractivity contribution < 1.29 is 33.3 Å². The summed E-state index contributed by atoms with van der Waals surface area (Å²) in [6.45, 7) is 6.03. The van der Waals surface area contributed by atoms with Crippen LogP contribution in [0.2, 0.25) is 0 Å². The zero-order chi connectivity index (χ0) is 29.6. The van der Waals surface area contributed by atoms with Gasteiger partial charge >= 0.3 is 6.09 Å². The molecule has 2 N–H and O–H groups in total. The first-order valence-electron chi connectivity index (χ1n) is 13.9. The zero-order valence-corrected chi connectivity index (χ0v) is 23.7. The van der Waals surface area contributed by atoms with Crippen LogP contribution in [0.4, 0.5) is 4.79 Å². The van der Waals surface area contributed by atoms with E-state index in [9.17, 15) is 9.59 Å². The normalized spacial score (nSPS) is 21.7. The van der Waals surface area contributed by atoms with Crippen molar-refractivity contribution in [1.82, 2.24) is 10.6 Å². The molecule has 0 aliphatic carbocycles. The van der Waals surface area contributed by atoms with E-state index >= 15 is 0 Å². The largest absolute Gasteiger partial charge is 0.445 e. The van der Waals surface area contributed by atoms with Gasteiger partial charge in [0, 0.05) is 6.92 Å². The molecule has 5 atom stereocenters. The summed E-state index contributed by atoms with van der Waals surface area (Å²) >= 11 is 0. The van der Waals surface area contributed by atoms with Crippen molar-refractivity contribution in [3.63, 3.8) is 0 Å². The van der Waals surface area contributed by atoms with E-state index in [0.29, 0.717) is 6.61 Å². The van der Waals surface area contributed by atoms with Crippen LogP contribution >= 0.6 is 0 Å². The Hall–Kier alpha value is -4.02. The lowest BCUT2D eigenvalue weighted by Crippen LogP contribution is -2.69. The molecule has 1 heterocycles. The van der Waals surface area contributed by atoms with Gasteiger partial charge in [-0.1, -0.05) is 104 Å². The molecule has 0 radical (unpaired) electrons. The lowest BCUT2D eigenvalue weighted by molar-refractivity contribution is -0.236. The first kappa shape index (κ1) is 30.9. The molecule has 42 heavy (non-hydrogen) atoms. The summed E-state index contributed by atoms with van der Waals surface area (Å²) in [7, 11) is 0. The Labute approximate surface area is 246 Å². The number of alkyl carbamates (subject to hydrolysis) is 1. The summed E-state index contributed by atoms with van der Waals surface area (Å²) in [5.74, 6) is -0.316. The number of ether oxygens (including phenoxy) is 5. The van der Waals surface area contributed by atoms with Crippen LogP contribution in [0, 0.1) is 0 Å². The van der Waals surface area contributed by atoms with Crippen molar-refractivity contribution in [2.75, 3.05) is 13.2 Å². The number of nitrogens with one attached hydrogen (secondary N) is 2. The molecule has 9 nitrogen and oxygen atoms in total. The number of rotatable bonds is 14. The Bertz CT molecular complexity index is 1240. The monoisotopic (exact) mass is 574 g/mol. The van der Waals surface area contributed by atoms with E-state index in [4.69, 9.17) is 23.7 Å². The highest BCUT2D eigenvalue weighted by Gasteiger charge is 2.48. The van der Waals surface area contributed by atoms with Gasteiger partial charge in [-0.25, -0.2) is 4.79 Å². The number of hydrogen-bond donors (Lipinski definition) is 2. The molecule has 3 aromatic carbocycles. The summed E-state index contributed by atoms with van der Waals surface area (Å²) in [5, 5.41) is 5.64. The highest BCUT2D eigenvalue weighted by atomic mass is 16.6. The molecule has 222 valence electrons. The fourth-order valence-corrected chi connectivity index (χ4v) is 4.68. The van der Waals surface area contributed by atoms with Crippen LogP contribution in [0.1, 0.15) is 23.6 Å². The second-order valence-electron chi connectivity index (χ2n) is 9.88. The van der Waals surface area contributed by atoms with Gasteiger partial charge in [0.1, 0.15) is 31.0 Å². The Kier molecular flexibility index (Phi) is 12.1. The molecule has 1 aliphatic rings. The van der Waals surface area contributed by atoms with E-state index in [1.54, 1.807) is 0 Å². The number of carbonyl (C=O) groups excluding carboxylic acids is 2. The van der Waals surface area contributed by atoms with Crippen LogP contribution in [-0.2, 0) is 48.3 Å². The second kappa shape index (κ2) is 16.4. The average Bonchev–Trinajstić information content (AvgIpc) is 3.01. The predicted molar refractivity (Wildman–Crippen MR) is 157 cm³/mol. The van der Waals surface area contributed by atoms with Gasteiger partial charge in [-0.15, -0.1) is 0 Å². The van der Waals surface area contributed by atoms with Crippen molar-refractivity contribution in [2.45, 2.75) is 57.3 Å². The molecule has 4 rings (SSSR count). The van der Waals surface area contributed by atoms with E-state index in [0.717, 1.165) is 16.7 Å². The highest BCUT2D eigenvalue weighted by Crippen LogP contribution is 2.28. The summed E-state index contributed by atoms with van der Waals surface area (Å²) in [5.41, 5.74) is 2.91. The first-order chi connectivity index (χ1) is 20.5.